The number of ether oxygens (including phenoxy) is 1. The summed E-state index contributed by atoms with van der Waals surface area (Å²) in [6.45, 7) is 4.62. The number of nitrogens with two attached hydrogens (primary N) is 1. The van der Waals surface area contributed by atoms with Crippen molar-refractivity contribution in [3.63, 3.8) is 0 Å². The Bertz CT molecular complexity index is 576. The van der Waals surface area contributed by atoms with Gasteiger partial charge in [-0.3, -0.25) is 9.59 Å². The predicted molar refractivity (Wildman–Crippen MR) is 98.3 cm³/mol. The fourth-order valence-electron chi connectivity index (χ4n) is 3.25. The largest absolute Gasteiger partial charge is 0.481 e. The van der Waals surface area contributed by atoms with Crippen LogP contribution >= 0.6 is 0 Å². The van der Waals surface area contributed by atoms with Crippen LogP contribution in [0.3, 0.4) is 0 Å². The van der Waals surface area contributed by atoms with Crippen molar-refractivity contribution in [2.75, 3.05) is 13.7 Å². The zero-order chi connectivity index (χ0) is 19.6. The molecule has 0 spiro atoms. The molecule has 0 saturated heterocycles. The first kappa shape index (κ1) is 19.4. The minimum atomic E-state index is -0.826. The van der Waals surface area contributed by atoms with Gasteiger partial charge in [-0.05, 0) is 49.7 Å². The highest BCUT2D eigenvalue weighted by Crippen LogP contribution is 2.34. The molecule has 0 heterocycles. The van der Waals surface area contributed by atoms with Crippen molar-refractivity contribution < 1.29 is 20.8 Å². The monoisotopic (exact) mass is 350 g/mol. The van der Waals surface area contributed by atoms with Crippen LogP contribution < -0.4 is 5.73 Å². The number of carbonyl (C=O) groups is 2. The Labute approximate surface area is 152 Å². The molecule has 0 radical (unpaired) electrons. The number of amides is 1. The van der Waals surface area contributed by atoms with Crippen LogP contribution in [-0.4, -0.2) is 30.7 Å². The molecule has 1 amide bonds. The molecule has 3 N–H and O–H groups in total. The Morgan fingerprint density at radius 2 is 1.96 bits per heavy atom. The minimum absolute atomic E-state index is 0.150. The summed E-state index contributed by atoms with van der Waals surface area (Å²) >= 11 is 0. The van der Waals surface area contributed by atoms with E-state index in [2.05, 4.69) is 6.92 Å². The van der Waals surface area contributed by atoms with Crippen LogP contribution in [0.2, 0.25) is 1.41 Å². The number of methoxy groups -OCH3 is 1. The SMILES string of the molecule is [2H]NC(=O)Cc1ccc(CC(C)(CC(CC)CCCOC)C(=O)O)cc1. The van der Waals surface area contributed by atoms with Gasteiger partial charge in [0.05, 0.1) is 11.8 Å². The number of carboxylic acids is 1. The van der Waals surface area contributed by atoms with Gasteiger partial charge < -0.3 is 15.6 Å². The highest BCUT2D eigenvalue weighted by Gasteiger charge is 2.35. The smallest absolute Gasteiger partial charge is 0.309 e. The van der Waals surface area contributed by atoms with E-state index in [1.807, 2.05) is 36.9 Å². The second-order valence-electron chi connectivity index (χ2n) is 7.07. The highest BCUT2D eigenvalue weighted by atomic mass is 16.5. The Hall–Kier alpha value is -1.88. The molecule has 1 aromatic rings. The molecule has 2 unspecified atom stereocenters. The first-order valence-corrected chi connectivity index (χ1v) is 8.85. The zero-order valence-electron chi connectivity index (χ0n) is 16.5. The lowest BCUT2D eigenvalue weighted by Crippen LogP contribution is -2.32. The first-order valence-electron chi connectivity index (χ1n) is 9.35. The Morgan fingerprint density at radius 1 is 1.32 bits per heavy atom. The van der Waals surface area contributed by atoms with E-state index in [0.29, 0.717) is 25.4 Å². The van der Waals surface area contributed by atoms with E-state index < -0.39 is 11.4 Å². The van der Waals surface area contributed by atoms with Crippen LogP contribution in [0, 0.1) is 11.3 Å². The van der Waals surface area contributed by atoms with Crippen LogP contribution in [0.1, 0.15) is 50.7 Å². The molecule has 1 aromatic carbocycles. The summed E-state index contributed by atoms with van der Waals surface area (Å²) in [5, 5.41) is 9.82. The second kappa shape index (κ2) is 10.2. The Balaban J connectivity index is 2.79. The van der Waals surface area contributed by atoms with Gasteiger partial charge >= 0.3 is 5.97 Å². The van der Waals surface area contributed by atoms with Gasteiger partial charge in [0.1, 0.15) is 0 Å². The average molecular weight is 350 g/mol. The third-order valence-corrected chi connectivity index (χ3v) is 4.78. The molecule has 0 aromatic heterocycles. The van der Waals surface area contributed by atoms with Crippen molar-refractivity contribution in [2.45, 2.75) is 52.4 Å². The summed E-state index contributed by atoms with van der Waals surface area (Å²) in [7, 11) is 1.68. The van der Waals surface area contributed by atoms with Crippen molar-refractivity contribution >= 4 is 11.9 Å². The van der Waals surface area contributed by atoms with Gasteiger partial charge in [0.2, 0.25) is 5.91 Å². The van der Waals surface area contributed by atoms with Crippen LogP contribution in [-0.2, 0) is 27.2 Å². The maximum Gasteiger partial charge on any atom is 0.309 e. The van der Waals surface area contributed by atoms with Gasteiger partial charge in [0.25, 0.3) is 0 Å². The molecule has 0 saturated carbocycles. The van der Waals surface area contributed by atoms with Crippen LogP contribution in [0.15, 0.2) is 24.3 Å². The van der Waals surface area contributed by atoms with Crippen molar-refractivity contribution in [1.82, 2.24) is 0 Å². The fourth-order valence-corrected chi connectivity index (χ4v) is 3.25. The van der Waals surface area contributed by atoms with Crippen molar-refractivity contribution in [2.24, 2.45) is 17.1 Å². The molecule has 0 aliphatic rings. The van der Waals surface area contributed by atoms with Crippen molar-refractivity contribution in [3.05, 3.63) is 35.4 Å². The van der Waals surface area contributed by atoms with E-state index >= 15 is 0 Å². The Kier molecular flexibility index (Phi) is 7.92. The molecule has 25 heavy (non-hydrogen) atoms. The summed E-state index contributed by atoms with van der Waals surface area (Å²) in [4.78, 5) is 23.2. The van der Waals surface area contributed by atoms with E-state index in [4.69, 9.17) is 6.15 Å². The lowest BCUT2D eigenvalue weighted by Gasteiger charge is -2.29. The van der Waals surface area contributed by atoms with Gasteiger partial charge in [-0.15, -0.1) is 0 Å². The fraction of sp³-hybridized carbons (Fsp3) is 0.600. The number of rotatable bonds is 12. The van der Waals surface area contributed by atoms with Gasteiger partial charge in [-0.25, -0.2) is 0 Å². The second-order valence-corrected chi connectivity index (χ2v) is 7.07. The van der Waals surface area contributed by atoms with Gasteiger partial charge in [-0.1, -0.05) is 37.6 Å². The summed E-state index contributed by atoms with van der Waals surface area (Å²) in [6, 6.07) is 7.39. The van der Waals surface area contributed by atoms with E-state index in [9.17, 15) is 14.7 Å². The molecule has 5 heteroatoms. The maximum absolute atomic E-state index is 12.0. The molecule has 2 atom stereocenters. The minimum Gasteiger partial charge on any atom is -0.481 e. The van der Waals surface area contributed by atoms with Crippen LogP contribution in [0.4, 0.5) is 0 Å². The van der Waals surface area contributed by atoms with E-state index in [0.717, 1.165) is 30.4 Å². The van der Waals surface area contributed by atoms with Crippen LogP contribution in [0.5, 0.6) is 0 Å². The lowest BCUT2D eigenvalue weighted by atomic mass is 9.74. The molecule has 140 valence electrons. The zero-order valence-corrected chi connectivity index (χ0v) is 15.5. The van der Waals surface area contributed by atoms with Gasteiger partial charge in [0, 0.05) is 13.7 Å². The first-order chi connectivity index (χ1) is 12.3. The molecule has 0 aliphatic heterocycles. The van der Waals surface area contributed by atoms with Crippen molar-refractivity contribution in [1.29, 1.82) is 0 Å². The van der Waals surface area contributed by atoms with E-state index in [1.54, 1.807) is 7.11 Å². The van der Waals surface area contributed by atoms with Crippen molar-refractivity contribution in [3.8, 4) is 0 Å². The number of aliphatic carboxylic acids is 1. The van der Waals surface area contributed by atoms with E-state index in [-0.39, 0.29) is 12.3 Å². The number of hydrogen-bond acceptors (Lipinski definition) is 3. The van der Waals surface area contributed by atoms with Gasteiger partial charge in [-0.2, -0.15) is 0 Å². The standard InChI is InChI=1S/C20H31NO4/c1-4-15(6-5-11-25-3)13-20(2,19(23)24)14-17-9-7-16(8-10-17)12-18(21)22/h7-10,15H,4-6,11-14H2,1-3H3,(H2,21,22)(H,23,24)/i/hD. The number of carboxylic acid groups (broad SMARTS) is 1. The molecule has 0 aliphatic carbocycles. The molecule has 0 bridgehead atoms. The molecular formula is C20H31NO4. The van der Waals surface area contributed by atoms with Crippen LogP contribution in [0.25, 0.3) is 0 Å². The third-order valence-electron chi connectivity index (χ3n) is 4.78. The summed E-state index contributed by atoms with van der Waals surface area (Å²) in [6.07, 6.45) is 4.09. The summed E-state index contributed by atoms with van der Waals surface area (Å²) < 4.78 is 11.9. The average Bonchev–Trinajstić information content (AvgIpc) is 2.62. The highest BCUT2D eigenvalue weighted by molar-refractivity contribution is 5.76. The number of benzene rings is 1. The summed E-state index contributed by atoms with van der Waals surface area (Å²) in [5.41, 5.74) is 2.78. The lowest BCUT2D eigenvalue weighted by molar-refractivity contribution is -0.149. The molecular weight excluding hydrogens is 318 g/mol. The van der Waals surface area contributed by atoms with E-state index in [1.165, 1.54) is 0 Å². The molecule has 0 fully saturated rings. The topological polar surface area (TPSA) is 89.6 Å². The number of primary amides is 1. The quantitative estimate of drug-likeness (QED) is 0.567. The predicted octanol–water partition coefficient (Wildman–Crippen LogP) is 3.19. The normalized spacial score (nSPS) is 15.1. The maximum atomic E-state index is 12.0. The number of carbonyl (C=O) groups excluding carboxylic acids is 1. The molecule has 5 nitrogen and oxygen atoms in total. The number of hydrogen-bond donors (Lipinski definition) is 2. The Morgan fingerprint density at radius 3 is 2.48 bits per heavy atom. The third kappa shape index (κ3) is 7.26. The van der Waals surface area contributed by atoms with Gasteiger partial charge in [0.15, 0.2) is 1.41 Å². The summed E-state index contributed by atoms with van der Waals surface area (Å²) in [5.74, 6) is -0.790. The molecule has 1 rings (SSSR count).